The number of nitrogens with zero attached hydrogens (tertiary/aromatic N) is 4. The second-order valence-electron chi connectivity index (χ2n) is 7.33. The van der Waals surface area contributed by atoms with Gasteiger partial charge in [-0.3, -0.25) is 0 Å². The molecule has 2 unspecified atom stereocenters. The van der Waals surface area contributed by atoms with Crippen molar-refractivity contribution in [1.29, 1.82) is 5.26 Å². The summed E-state index contributed by atoms with van der Waals surface area (Å²) in [6.45, 7) is 8.94. The molecule has 2 atom stereocenters. The Balaban J connectivity index is 1.59. The van der Waals surface area contributed by atoms with Crippen LogP contribution in [0.25, 0.3) is 0 Å². The Morgan fingerprint density at radius 1 is 1.26 bits per heavy atom. The molecule has 2 aliphatic rings. The number of ether oxygens (including phenoxy) is 1. The molecule has 0 saturated carbocycles. The highest BCUT2D eigenvalue weighted by Gasteiger charge is 2.43. The minimum Gasteiger partial charge on any atom is -0.444 e. The van der Waals surface area contributed by atoms with Gasteiger partial charge >= 0.3 is 6.09 Å². The van der Waals surface area contributed by atoms with Crippen LogP contribution in [0.2, 0.25) is 0 Å². The van der Waals surface area contributed by atoms with Crippen molar-refractivity contribution in [3.63, 3.8) is 0 Å². The zero-order valence-electron chi connectivity index (χ0n) is 13.8. The Kier molecular flexibility index (Phi) is 3.88. The number of carbonyl (C=O) groups is 1. The summed E-state index contributed by atoms with van der Waals surface area (Å²) in [6.07, 6.45) is 1.39. The quantitative estimate of drug-likeness (QED) is 0.795. The molecule has 0 spiro atoms. The van der Waals surface area contributed by atoms with Crippen LogP contribution in [0.15, 0.2) is 18.3 Å². The Morgan fingerprint density at radius 2 is 1.91 bits per heavy atom. The van der Waals surface area contributed by atoms with Crippen LogP contribution in [0.4, 0.5) is 10.6 Å². The van der Waals surface area contributed by atoms with E-state index in [2.05, 4.69) is 16.0 Å². The van der Waals surface area contributed by atoms with E-state index in [0.717, 1.165) is 32.0 Å². The molecule has 2 aliphatic heterocycles. The van der Waals surface area contributed by atoms with Gasteiger partial charge in [-0.05, 0) is 32.9 Å². The molecule has 3 heterocycles. The van der Waals surface area contributed by atoms with Crippen LogP contribution < -0.4 is 4.90 Å². The number of hydrogen-bond donors (Lipinski definition) is 0. The lowest BCUT2D eigenvalue weighted by atomic mass is 10.0. The largest absolute Gasteiger partial charge is 0.444 e. The minimum atomic E-state index is -0.451. The van der Waals surface area contributed by atoms with Gasteiger partial charge in [0.25, 0.3) is 0 Å². The average molecular weight is 314 g/mol. The van der Waals surface area contributed by atoms with Crippen LogP contribution in [0.5, 0.6) is 0 Å². The third kappa shape index (κ3) is 3.39. The normalized spacial score (nSPS) is 23.6. The summed E-state index contributed by atoms with van der Waals surface area (Å²) >= 11 is 0. The zero-order chi connectivity index (χ0) is 16.6. The van der Waals surface area contributed by atoms with Crippen LogP contribution >= 0.6 is 0 Å². The molecule has 3 rings (SSSR count). The second kappa shape index (κ2) is 5.73. The Labute approximate surface area is 136 Å². The van der Waals surface area contributed by atoms with Crippen LogP contribution in [0.1, 0.15) is 26.3 Å². The molecule has 0 aromatic carbocycles. The van der Waals surface area contributed by atoms with Gasteiger partial charge in [-0.15, -0.1) is 0 Å². The maximum Gasteiger partial charge on any atom is 0.410 e. The number of pyridine rings is 1. The molecule has 1 aromatic heterocycles. The van der Waals surface area contributed by atoms with Crippen LogP contribution in [0.3, 0.4) is 0 Å². The second-order valence-corrected chi connectivity index (χ2v) is 7.33. The Morgan fingerprint density at radius 3 is 2.39 bits per heavy atom. The number of likely N-dealkylation sites (tertiary alicyclic amines) is 1. The highest BCUT2D eigenvalue weighted by molar-refractivity contribution is 5.68. The van der Waals surface area contributed by atoms with Crippen LogP contribution in [-0.2, 0) is 4.74 Å². The van der Waals surface area contributed by atoms with Crippen molar-refractivity contribution < 1.29 is 9.53 Å². The summed E-state index contributed by atoms with van der Waals surface area (Å²) in [5.41, 5.74) is 0.122. The molecule has 0 N–H and O–H groups in total. The maximum absolute atomic E-state index is 12.2. The third-order valence-electron chi connectivity index (χ3n) is 4.34. The van der Waals surface area contributed by atoms with E-state index in [0.29, 0.717) is 17.4 Å². The molecule has 122 valence electrons. The summed E-state index contributed by atoms with van der Waals surface area (Å²) < 4.78 is 5.45. The first kappa shape index (κ1) is 15.6. The van der Waals surface area contributed by atoms with Gasteiger partial charge in [0.05, 0.1) is 5.56 Å². The summed E-state index contributed by atoms with van der Waals surface area (Å²) in [7, 11) is 0. The highest BCUT2D eigenvalue weighted by Crippen LogP contribution is 2.33. The molecule has 6 nitrogen and oxygen atoms in total. The van der Waals surface area contributed by atoms with Crippen molar-refractivity contribution in [1.82, 2.24) is 9.88 Å². The number of anilines is 1. The number of carbonyl (C=O) groups excluding carboxylic acids is 1. The smallest absolute Gasteiger partial charge is 0.410 e. The molecular formula is C17H22N4O2. The van der Waals surface area contributed by atoms with Crippen molar-refractivity contribution in [2.24, 2.45) is 11.8 Å². The Hall–Kier alpha value is -2.29. The van der Waals surface area contributed by atoms with E-state index in [4.69, 9.17) is 10.00 Å². The van der Waals surface area contributed by atoms with E-state index < -0.39 is 5.60 Å². The lowest BCUT2D eigenvalue weighted by Crippen LogP contribution is -2.37. The van der Waals surface area contributed by atoms with E-state index in [1.807, 2.05) is 31.7 Å². The molecule has 2 fully saturated rings. The number of amides is 1. The number of fused-ring (bicyclic) bond motifs is 1. The lowest BCUT2D eigenvalue weighted by molar-refractivity contribution is 0.0282. The first-order valence-corrected chi connectivity index (χ1v) is 7.95. The van der Waals surface area contributed by atoms with Gasteiger partial charge in [-0.1, -0.05) is 0 Å². The fourth-order valence-corrected chi connectivity index (χ4v) is 3.29. The molecule has 2 saturated heterocycles. The molecule has 0 radical (unpaired) electrons. The molecule has 1 aromatic rings. The minimum absolute atomic E-state index is 0.213. The molecule has 23 heavy (non-hydrogen) atoms. The average Bonchev–Trinajstić information content (AvgIpc) is 3.04. The third-order valence-corrected chi connectivity index (χ3v) is 4.34. The number of aromatic nitrogens is 1. The van der Waals surface area contributed by atoms with Crippen molar-refractivity contribution in [2.75, 3.05) is 31.1 Å². The first-order chi connectivity index (χ1) is 10.9. The van der Waals surface area contributed by atoms with E-state index in [1.165, 1.54) is 0 Å². The fraction of sp³-hybridized carbons (Fsp3) is 0.588. The lowest BCUT2D eigenvalue weighted by Gasteiger charge is -2.26. The maximum atomic E-state index is 12.2. The summed E-state index contributed by atoms with van der Waals surface area (Å²) in [4.78, 5) is 20.6. The SMILES string of the molecule is CC(C)(C)OC(=O)N1CC2CN(c3ccc(C#N)cn3)CC2C1. The molecule has 1 amide bonds. The summed E-state index contributed by atoms with van der Waals surface area (Å²) in [5, 5.41) is 8.83. The first-order valence-electron chi connectivity index (χ1n) is 7.95. The predicted octanol–water partition coefficient (Wildman–Crippen LogP) is 2.26. The van der Waals surface area contributed by atoms with E-state index in [9.17, 15) is 4.79 Å². The fourth-order valence-electron chi connectivity index (χ4n) is 3.29. The zero-order valence-corrected chi connectivity index (χ0v) is 13.8. The van der Waals surface area contributed by atoms with Gasteiger partial charge in [0.1, 0.15) is 17.5 Å². The molecule has 0 bridgehead atoms. The standard InChI is InChI=1S/C17H22N4O2/c1-17(2,3)23-16(22)21-10-13-8-20(9-14(13)11-21)15-5-4-12(6-18)7-19-15/h4-5,7,13-14H,8-11H2,1-3H3. The van der Waals surface area contributed by atoms with Crippen LogP contribution in [-0.4, -0.2) is 47.8 Å². The molecular weight excluding hydrogens is 292 g/mol. The van der Waals surface area contributed by atoms with Gasteiger partial charge in [-0.2, -0.15) is 5.26 Å². The highest BCUT2D eigenvalue weighted by atomic mass is 16.6. The van der Waals surface area contributed by atoms with Gasteiger partial charge in [-0.25, -0.2) is 9.78 Å². The van der Waals surface area contributed by atoms with Gasteiger partial charge < -0.3 is 14.5 Å². The van der Waals surface area contributed by atoms with Gasteiger partial charge in [0, 0.05) is 44.2 Å². The molecule has 6 heteroatoms. The van der Waals surface area contributed by atoms with Crippen molar-refractivity contribution >= 4 is 11.9 Å². The number of rotatable bonds is 1. The summed E-state index contributed by atoms with van der Waals surface area (Å²) in [6, 6.07) is 5.77. The topological polar surface area (TPSA) is 69.5 Å². The monoisotopic (exact) mass is 314 g/mol. The van der Waals surface area contributed by atoms with Gasteiger partial charge in [0.15, 0.2) is 0 Å². The number of hydrogen-bond acceptors (Lipinski definition) is 5. The van der Waals surface area contributed by atoms with Crippen molar-refractivity contribution in [3.8, 4) is 6.07 Å². The molecule has 0 aliphatic carbocycles. The van der Waals surface area contributed by atoms with E-state index >= 15 is 0 Å². The van der Waals surface area contributed by atoms with Gasteiger partial charge in [0.2, 0.25) is 0 Å². The van der Waals surface area contributed by atoms with E-state index in [-0.39, 0.29) is 6.09 Å². The number of nitriles is 1. The summed E-state index contributed by atoms with van der Waals surface area (Å²) in [5.74, 6) is 1.82. The van der Waals surface area contributed by atoms with E-state index in [1.54, 1.807) is 12.3 Å². The van der Waals surface area contributed by atoms with Crippen molar-refractivity contribution in [2.45, 2.75) is 26.4 Å². The van der Waals surface area contributed by atoms with Crippen LogP contribution in [0, 0.1) is 23.2 Å². The Bertz CT molecular complexity index is 615. The van der Waals surface area contributed by atoms with Crippen molar-refractivity contribution in [3.05, 3.63) is 23.9 Å². The predicted molar refractivity (Wildman–Crippen MR) is 86.0 cm³/mol.